The monoisotopic (exact) mass is 353 g/mol. The van der Waals surface area contributed by atoms with Gasteiger partial charge < -0.3 is 9.64 Å². The lowest BCUT2D eigenvalue weighted by molar-refractivity contribution is 0.172. The quantitative estimate of drug-likeness (QED) is 0.748. The molecule has 1 aromatic carbocycles. The summed E-state index contributed by atoms with van der Waals surface area (Å²) in [5.41, 5.74) is 3.07. The van der Waals surface area contributed by atoms with Crippen molar-refractivity contribution < 1.29 is 13.9 Å². The second-order valence-corrected chi connectivity index (χ2v) is 6.23. The Morgan fingerprint density at radius 2 is 2.12 bits per heavy atom. The molecule has 0 atom stereocenters. The van der Waals surface area contributed by atoms with Crippen LogP contribution in [0.3, 0.4) is 0 Å². The summed E-state index contributed by atoms with van der Waals surface area (Å²) in [6.07, 6.45) is 8.38. The van der Waals surface area contributed by atoms with Crippen LogP contribution in [0.25, 0.3) is 0 Å². The van der Waals surface area contributed by atoms with Gasteiger partial charge in [-0.25, -0.2) is 9.18 Å². The van der Waals surface area contributed by atoms with Crippen LogP contribution in [0.2, 0.25) is 0 Å². The molecule has 1 aromatic rings. The molecular formula is C21H22FN2O2. The molecule has 1 amide bonds. The van der Waals surface area contributed by atoms with Gasteiger partial charge >= 0.3 is 6.09 Å². The van der Waals surface area contributed by atoms with Crippen molar-refractivity contribution in [2.24, 2.45) is 0 Å². The average molecular weight is 353 g/mol. The fourth-order valence-corrected chi connectivity index (χ4v) is 2.97. The highest BCUT2D eigenvalue weighted by Crippen LogP contribution is 2.40. The zero-order valence-corrected chi connectivity index (χ0v) is 14.6. The maximum absolute atomic E-state index is 14.5. The van der Waals surface area contributed by atoms with Crippen LogP contribution in [-0.4, -0.2) is 25.8 Å². The standard InChI is InChI=1S/C21H22FN2O2/c1-3-5-15(4-2)14-26-21(25)23-18-6-7-20(19(22)13-18)24-10-8-16-12-17(16)9-11-24/h3-7,12-13H,1-2,8-11,14H2,(H,23,25)/b15-5+. The van der Waals surface area contributed by atoms with Crippen LogP contribution in [0.4, 0.5) is 20.6 Å². The highest BCUT2D eigenvalue weighted by molar-refractivity contribution is 5.85. The van der Waals surface area contributed by atoms with Crippen LogP contribution in [0.1, 0.15) is 12.8 Å². The molecule has 1 aliphatic carbocycles. The molecule has 5 heteroatoms. The highest BCUT2D eigenvalue weighted by atomic mass is 19.1. The Balaban J connectivity index is 1.57. The molecule has 0 aromatic heterocycles. The summed E-state index contributed by atoms with van der Waals surface area (Å²) in [4.78, 5) is 13.9. The number of benzene rings is 1. The van der Waals surface area contributed by atoms with Crippen molar-refractivity contribution in [3.8, 4) is 0 Å². The number of hydrogen-bond acceptors (Lipinski definition) is 3. The number of fused-ring (bicyclic) bond motifs is 1. The van der Waals surface area contributed by atoms with Gasteiger partial charge in [0.15, 0.2) is 0 Å². The Morgan fingerprint density at radius 3 is 2.85 bits per heavy atom. The third kappa shape index (κ3) is 4.42. The van der Waals surface area contributed by atoms with E-state index in [-0.39, 0.29) is 12.4 Å². The number of halogens is 1. The molecule has 3 rings (SSSR count). The molecule has 0 bridgehead atoms. The second-order valence-electron chi connectivity index (χ2n) is 6.23. The third-order valence-corrected chi connectivity index (χ3v) is 4.48. The Kier molecular flexibility index (Phi) is 5.56. The normalized spacial score (nSPS) is 16.9. The van der Waals surface area contributed by atoms with Crippen LogP contribution in [0, 0.1) is 11.7 Å². The number of hydrogen-bond donors (Lipinski definition) is 1. The van der Waals surface area contributed by atoms with Gasteiger partial charge in [-0.15, -0.1) is 0 Å². The highest BCUT2D eigenvalue weighted by Gasteiger charge is 2.29. The van der Waals surface area contributed by atoms with E-state index in [9.17, 15) is 9.18 Å². The van der Waals surface area contributed by atoms with E-state index in [0.717, 1.165) is 31.5 Å². The lowest BCUT2D eigenvalue weighted by Crippen LogP contribution is -2.25. The summed E-state index contributed by atoms with van der Waals surface area (Å²) in [6.45, 7) is 8.90. The van der Waals surface area contributed by atoms with Crippen LogP contribution in [-0.2, 0) is 4.74 Å². The van der Waals surface area contributed by atoms with Gasteiger partial charge in [0.2, 0.25) is 0 Å². The first-order valence-electron chi connectivity index (χ1n) is 8.60. The Bertz CT molecular complexity index is 782. The first kappa shape index (κ1) is 18.0. The van der Waals surface area contributed by atoms with E-state index in [0.29, 0.717) is 11.4 Å². The van der Waals surface area contributed by atoms with Crippen molar-refractivity contribution in [1.29, 1.82) is 0 Å². The summed E-state index contributed by atoms with van der Waals surface area (Å²) >= 11 is 0. The molecule has 1 N–H and O–H groups in total. The van der Waals surface area contributed by atoms with E-state index < -0.39 is 6.09 Å². The fourth-order valence-electron chi connectivity index (χ4n) is 2.97. The lowest BCUT2D eigenvalue weighted by Gasteiger charge is -2.23. The Labute approximate surface area is 153 Å². The topological polar surface area (TPSA) is 41.6 Å². The van der Waals surface area contributed by atoms with Gasteiger partial charge in [0.25, 0.3) is 0 Å². The maximum Gasteiger partial charge on any atom is 0.411 e. The van der Waals surface area contributed by atoms with Gasteiger partial charge in [-0.05, 0) is 36.6 Å². The minimum atomic E-state index is -0.646. The zero-order valence-electron chi connectivity index (χ0n) is 14.6. The summed E-state index contributed by atoms with van der Waals surface area (Å²) in [5.74, 6) is 1.06. The number of carbonyl (C=O) groups excluding carboxylic acids is 1. The van der Waals surface area contributed by atoms with Crippen LogP contribution in [0.5, 0.6) is 0 Å². The Morgan fingerprint density at radius 1 is 1.31 bits per heavy atom. The van der Waals surface area contributed by atoms with Crippen molar-refractivity contribution in [3.63, 3.8) is 0 Å². The van der Waals surface area contributed by atoms with Crippen molar-refractivity contribution in [3.05, 3.63) is 78.5 Å². The molecule has 2 aliphatic rings. The second kappa shape index (κ2) is 8.04. The number of amides is 1. The van der Waals surface area contributed by atoms with Gasteiger partial charge in [-0.3, -0.25) is 5.32 Å². The van der Waals surface area contributed by atoms with Crippen LogP contribution in [0.15, 0.2) is 66.8 Å². The Hall–Kier alpha value is -2.82. The number of carbonyl (C=O) groups is 1. The number of nitrogens with zero attached hydrogens (tertiary/aromatic N) is 1. The smallest absolute Gasteiger partial charge is 0.411 e. The van der Waals surface area contributed by atoms with Crippen molar-refractivity contribution >= 4 is 17.5 Å². The molecular weight excluding hydrogens is 331 g/mol. The summed E-state index contributed by atoms with van der Waals surface area (Å²) in [7, 11) is 0. The van der Waals surface area contributed by atoms with E-state index in [1.54, 1.807) is 30.4 Å². The molecule has 1 heterocycles. The largest absolute Gasteiger partial charge is 0.444 e. The molecule has 135 valence electrons. The SMILES string of the molecule is C=C/C=C(\C=C)COC(=O)Nc1ccc(N2CC[C]3C=C3CC2)c(F)c1. The lowest BCUT2D eigenvalue weighted by atomic mass is 10.2. The predicted octanol–water partition coefficient (Wildman–Crippen LogP) is 4.79. The molecule has 4 nitrogen and oxygen atoms in total. The van der Waals surface area contributed by atoms with Gasteiger partial charge in [0.05, 0.1) is 5.69 Å². The zero-order chi connectivity index (χ0) is 18.5. The van der Waals surface area contributed by atoms with E-state index >= 15 is 0 Å². The third-order valence-electron chi connectivity index (χ3n) is 4.48. The number of rotatable bonds is 6. The molecule has 0 spiro atoms. The molecule has 0 saturated carbocycles. The van der Waals surface area contributed by atoms with Crippen molar-refractivity contribution in [2.75, 3.05) is 29.9 Å². The summed E-state index contributed by atoms with van der Waals surface area (Å²) in [5, 5.41) is 2.54. The molecule has 0 unspecified atom stereocenters. The van der Waals surface area contributed by atoms with E-state index in [4.69, 9.17) is 4.74 Å². The number of ether oxygens (including phenoxy) is 1. The first-order chi connectivity index (χ1) is 12.6. The van der Waals surface area contributed by atoms with Gasteiger partial charge in [0, 0.05) is 24.7 Å². The van der Waals surface area contributed by atoms with Crippen molar-refractivity contribution in [1.82, 2.24) is 0 Å². The first-order valence-corrected chi connectivity index (χ1v) is 8.60. The number of allylic oxidation sites excluding steroid dienone is 3. The van der Waals surface area contributed by atoms with Crippen LogP contribution < -0.4 is 10.2 Å². The molecule has 26 heavy (non-hydrogen) atoms. The molecule has 1 aliphatic heterocycles. The van der Waals surface area contributed by atoms with Gasteiger partial charge in [0.1, 0.15) is 12.4 Å². The molecule has 1 radical (unpaired) electrons. The van der Waals surface area contributed by atoms with E-state index in [1.165, 1.54) is 17.6 Å². The van der Waals surface area contributed by atoms with Crippen molar-refractivity contribution in [2.45, 2.75) is 12.8 Å². The molecule has 1 saturated heterocycles. The average Bonchev–Trinajstić information content (AvgIpc) is 3.39. The number of anilines is 2. The minimum Gasteiger partial charge on any atom is -0.444 e. The summed E-state index contributed by atoms with van der Waals surface area (Å²) in [6, 6.07) is 4.71. The minimum absolute atomic E-state index is 0.0738. The summed E-state index contributed by atoms with van der Waals surface area (Å²) < 4.78 is 19.6. The predicted molar refractivity (Wildman–Crippen MR) is 103 cm³/mol. The molecule has 1 fully saturated rings. The van der Waals surface area contributed by atoms with Crippen LogP contribution >= 0.6 is 0 Å². The van der Waals surface area contributed by atoms with E-state index in [1.807, 2.05) is 4.90 Å². The maximum atomic E-state index is 14.5. The number of nitrogens with one attached hydrogen (secondary N) is 1. The fraction of sp³-hybridized carbons (Fsp3) is 0.238. The van der Waals surface area contributed by atoms with Gasteiger partial charge in [-0.2, -0.15) is 0 Å². The van der Waals surface area contributed by atoms with E-state index in [2.05, 4.69) is 24.6 Å². The van der Waals surface area contributed by atoms with Gasteiger partial charge in [-0.1, -0.05) is 43.0 Å².